The molecule has 0 bridgehead atoms. The van der Waals surface area contributed by atoms with E-state index in [-0.39, 0.29) is 34.6 Å². The quantitative estimate of drug-likeness (QED) is 0.502. The van der Waals surface area contributed by atoms with E-state index in [1.54, 1.807) is 6.07 Å². The molecule has 3 rings (SSSR count). The van der Waals surface area contributed by atoms with Crippen LogP contribution >= 0.6 is 22.6 Å². The summed E-state index contributed by atoms with van der Waals surface area (Å²) in [4.78, 5) is 0. The standard InChI is InChI=1S/C19H13F3INO2/c1-2-7-18(25)17-13(9-19(18,21)22)16(6-4-14(17)23)26-15-5-3-12(20)8-11(15)10-24/h2-6,8,25H,1,7,9H2. The minimum Gasteiger partial charge on any atom is -0.456 e. The molecule has 26 heavy (non-hydrogen) atoms. The maximum absolute atomic E-state index is 14.6. The molecule has 1 atom stereocenters. The Labute approximate surface area is 161 Å². The van der Waals surface area contributed by atoms with Crippen molar-refractivity contribution in [3.8, 4) is 17.6 Å². The number of alkyl halides is 2. The van der Waals surface area contributed by atoms with Crippen molar-refractivity contribution in [2.75, 3.05) is 0 Å². The average molecular weight is 471 g/mol. The third-order valence-corrected chi connectivity index (χ3v) is 5.26. The average Bonchev–Trinajstić information content (AvgIpc) is 2.79. The molecule has 134 valence electrons. The zero-order chi connectivity index (χ0) is 19.1. The molecule has 0 saturated carbocycles. The first kappa shape index (κ1) is 18.7. The highest BCUT2D eigenvalue weighted by molar-refractivity contribution is 14.1. The maximum atomic E-state index is 14.6. The molecule has 0 saturated heterocycles. The Kier molecular flexibility index (Phi) is 4.75. The van der Waals surface area contributed by atoms with E-state index in [0.29, 0.717) is 3.57 Å². The van der Waals surface area contributed by atoms with E-state index in [1.807, 2.05) is 28.7 Å². The minimum atomic E-state index is -3.40. The largest absolute Gasteiger partial charge is 0.456 e. The van der Waals surface area contributed by atoms with Crippen molar-refractivity contribution in [2.24, 2.45) is 0 Å². The summed E-state index contributed by atoms with van der Waals surface area (Å²) in [7, 11) is 0. The number of nitriles is 1. The van der Waals surface area contributed by atoms with Crippen molar-refractivity contribution >= 4 is 22.6 Å². The number of rotatable bonds is 4. The van der Waals surface area contributed by atoms with E-state index >= 15 is 0 Å². The summed E-state index contributed by atoms with van der Waals surface area (Å²) < 4.78 is 48.6. The fraction of sp³-hybridized carbons (Fsp3) is 0.211. The molecule has 0 spiro atoms. The highest BCUT2D eigenvalue weighted by Crippen LogP contribution is 2.54. The number of aliphatic hydroxyl groups is 1. The molecule has 1 aliphatic rings. The van der Waals surface area contributed by atoms with E-state index in [4.69, 9.17) is 10.00 Å². The first-order chi connectivity index (χ1) is 12.2. The van der Waals surface area contributed by atoms with Crippen LogP contribution in [0, 0.1) is 20.7 Å². The lowest BCUT2D eigenvalue weighted by Gasteiger charge is -2.30. The maximum Gasteiger partial charge on any atom is 0.284 e. The molecule has 1 aliphatic carbocycles. The van der Waals surface area contributed by atoms with E-state index in [1.165, 1.54) is 18.2 Å². The van der Waals surface area contributed by atoms with Gasteiger partial charge >= 0.3 is 0 Å². The molecular weight excluding hydrogens is 458 g/mol. The van der Waals surface area contributed by atoms with Gasteiger partial charge in [0.05, 0.1) is 5.56 Å². The number of nitrogens with zero attached hydrogens (tertiary/aromatic N) is 1. The summed E-state index contributed by atoms with van der Waals surface area (Å²) in [5.41, 5.74) is -2.16. The molecule has 0 heterocycles. The van der Waals surface area contributed by atoms with Crippen LogP contribution in [0.5, 0.6) is 11.5 Å². The fourth-order valence-electron chi connectivity index (χ4n) is 3.13. The second-order valence-electron chi connectivity index (χ2n) is 5.99. The zero-order valence-electron chi connectivity index (χ0n) is 13.4. The van der Waals surface area contributed by atoms with Gasteiger partial charge < -0.3 is 9.84 Å². The zero-order valence-corrected chi connectivity index (χ0v) is 15.6. The van der Waals surface area contributed by atoms with Crippen LogP contribution in [0.15, 0.2) is 43.0 Å². The smallest absolute Gasteiger partial charge is 0.284 e. The van der Waals surface area contributed by atoms with Crippen LogP contribution in [0.1, 0.15) is 23.1 Å². The molecule has 0 fully saturated rings. The highest BCUT2D eigenvalue weighted by Gasteiger charge is 2.60. The van der Waals surface area contributed by atoms with E-state index in [2.05, 4.69) is 6.58 Å². The minimum absolute atomic E-state index is 0.0524. The topological polar surface area (TPSA) is 53.2 Å². The third kappa shape index (κ3) is 2.87. The Morgan fingerprint density at radius 1 is 1.31 bits per heavy atom. The molecule has 3 nitrogen and oxygen atoms in total. The molecule has 7 heteroatoms. The van der Waals surface area contributed by atoms with E-state index in [0.717, 1.165) is 12.1 Å². The molecule has 0 aliphatic heterocycles. The molecule has 0 amide bonds. The molecule has 0 radical (unpaired) electrons. The molecular formula is C19H13F3INO2. The molecule has 1 unspecified atom stereocenters. The Hall–Kier alpha value is -2.05. The lowest BCUT2D eigenvalue weighted by Crippen LogP contribution is -2.41. The predicted molar refractivity (Wildman–Crippen MR) is 97.7 cm³/mol. The van der Waals surface area contributed by atoms with Gasteiger partial charge in [-0.2, -0.15) is 5.26 Å². The van der Waals surface area contributed by atoms with Crippen molar-refractivity contribution in [1.29, 1.82) is 5.26 Å². The number of hydrogen-bond donors (Lipinski definition) is 1. The van der Waals surface area contributed by atoms with Crippen molar-refractivity contribution in [3.63, 3.8) is 0 Å². The number of fused-ring (bicyclic) bond motifs is 1. The first-order valence-electron chi connectivity index (χ1n) is 7.64. The fourth-order valence-corrected chi connectivity index (χ4v) is 4.08. The van der Waals surface area contributed by atoms with Crippen LogP contribution in [0.4, 0.5) is 13.2 Å². The number of hydrogen-bond acceptors (Lipinski definition) is 3. The lowest BCUT2D eigenvalue weighted by atomic mass is 9.90. The van der Waals surface area contributed by atoms with Gasteiger partial charge in [0.1, 0.15) is 23.4 Å². The molecule has 0 aromatic heterocycles. The number of benzene rings is 2. The summed E-state index contributed by atoms with van der Waals surface area (Å²) in [6.45, 7) is 3.46. The normalized spacial score (nSPS) is 20.3. The van der Waals surface area contributed by atoms with Crippen molar-refractivity contribution in [2.45, 2.75) is 24.4 Å². The Morgan fingerprint density at radius 3 is 2.65 bits per heavy atom. The second kappa shape index (κ2) is 6.59. The van der Waals surface area contributed by atoms with Gasteiger partial charge in [-0.15, -0.1) is 6.58 Å². The second-order valence-corrected chi connectivity index (χ2v) is 7.15. The van der Waals surface area contributed by atoms with Crippen molar-refractivity contribution < 1.29 is 23.0 Å². The number of halogens is 4. The van der Waals surface area contributed by atoms with Crippen molar-refractivity contribution in [1.82, 2.24) is 0 Å². The van der Waals surface area contributed by atoms with Gasteiger partial charge in [0, 0.05) is 27.5 Å². The van der Waals surface area contributed by atoms with E-state index in [9.17, 15) is 18.3 Å². The predicted octanol–water partition coefficient (Wildman–Crippen LogP) is 5.05. The van der Waals surface area contributed by atoms with Crippen LogP contribution in [0.2, 0.25) is 0 Å². The van der Waals surface area contributed by atoms with Crippen LogP contribution in [-0.2, 0) is 12.0 Å². The third-order valence-electron chi connectivity index (χ3n) is 4.36. The summed E-state index contributed by atoms with van der Waals surface area (Å²) in [6.07, 6.45) is 0.231. The van der Waals surface area contributed by atoms with Crippen LogP contribution in [-0.4, -0.2) is 11.0 Å². The van der Waals surface area contributed by atoms with Gasteiger partial charge in [-0.25, -0.2) is 13.2 Å². The van der Waals surface area contributed by atoms with Gasteiger partial charge in [-0.3, -0.25) is 0 Å². The Bertz CT molecular complexity index is 939. The number of ether oxygens (including phenoxy) is 1. The van der Waals surface area contributed by atoms with Crippen LogP contribution in [0.3, 0.4) is 0 Å². The summed E-state index contributed by atoms with van der Waals surface area (Å²) in [5, 5.41) is 19.8. The van der Waals surface area contributed by atoms with Gasteiger partial charge in [-0.1, -0.05) is 6.08 Å². The van der Waals surface area contributed by atoms with Gasteiger partial charge in [0.2, 0.25) is 0 Å². The SMILES string of the molecule is C=CCC1(O)c2c(I)ccc(Oc3ccc(F)cc3C#N)c2CC1(F)F. The summed E-state index contributed by atoms with van der Waals surface area (Å²) in [5.74, 6) is -3.85. The van der Waals surface area contributed by atoms with Crippen LogP contribution < -0.4 is 4.74 Å². The summed E-state index contributed by atoms with van der Waals surface area (Å²) in [6, 6.07) is 8.25. The monoisotopic (exact) mass is 471 g/mol. The van der Waals surface area contributed by atoms with E-state index < -0.39 is 23.8 Å². The van der Waals surface area contributed by atoms with Gasteiger partial charge in [-0.05, 0) is 52.9 Å². The molecule has 1 N–H and O–H groups in total. The van der Waals surface area contributed by atoms with Crippen LogP contribution in [0.25, 0.3) is 0 Å². The highest BCUT2D eigenvalue weighted by atomic mass is 127. The Morgan fingerprint density at radius 2 is 2.00 bits per heavy atom. The lowest BCUT2D eigenvalue weighted by molar-refractivity contribution is -0.173. The Balaban J connectivity index is 2.13. The van der Waals surface area contributed by atoms with Gasteiger partial charge in [0.15, 0.2) is 5.60 Å². The van der Waals surface area contributed by atoms with Crippen molar-refractivity contribution in [3.05, 3.63) is 69.1 Å². The molecule has 2 aromatic carbocycles. The van der Waals surface area contributed by atoms with Gasteiger partial charge in [0.25, 0.3) is 5.92 Å². The first-order valence-corrected chi connectivity index (χ1v) is 8.72. The molecule has 2 aromatic rings. The summed E-state index contributed by atoms with van der Waals surface area (Å²) >= 11 is 1.89.